The average molecular weight is 398 g/mol. The molecule has 0 aliphatic carbocycles. The zero-order chi connectivity index (χ0) is 20.2. The first-order valence-corrected chi connectivity index (χ1v) is 9.38. The maximum Gasteiger partial charge on any atom is 0.254 e. The van der Waals surface area contributed by atoms with Crippen LogP contribution in [0.3, 0.4) is 0 Å². The molecule has 4 heterocycles. The summed E-state index contributed by atoms with van der Waals surface area (Å²) in [5, 5.41) is 7.52. The molecule has 1 aromatic carbocycles. The van der Waals surface area contributed by atoms with Crippen LogP contribution < -0.4 is 10.2 Å². The first-order valence-electron chi connectivity index (χ1n) is 9.38. The number of aromatic nitrogens is 4. The summed E-state index contributed by atoms with van der Waals surface area (Å²) < 4.78 is 33.9. The number of ether oxygens (including phenoxy) is 1. The lowest BCUT2D eigenvalue weighted by Gasteiger charge is -2.55. The smallest absolute Gasteiger partial charge is 0.254 e. The fraction of sp³-hybridized carbons (Fsp3) is 0.350. The van der Waals surface area contributed by atoms with Crippen molar-refractivity contribution >= 4 is 17.3 Å². The summed E-state index contributed by atoms with van der Waals surface area (Å²) in [7, 11) is 0. The Bertz CT molecular complexity index is 1090. The number of nitrogens with zero attached hydrogens (tertiary/aromatic N) is 5. The van der Waals surface area contributed by atoms with Gasteiger partial charge in [0.05, 0.1) is 24.3 Å². The molecular formula is C20H20F2N6O. The van der Waals surface area contributed by atoms with Gasteiger partial charge in [-0.05, 0) is 32.0 Å². The van der Waals surface area contributed by atoms with E-state index in [9.17, 15) is 8.78 Å². The second-order valence-electron chi connectivity index (χ2n) is 7.85. The molecule has 5 rings (SSSR count). The molecule has 2 aromatic heterocycles. The van der Waals surface area contributed by atoms with E-state index in [4.69, 9.17) is 9.72 Å². The molecule has 0 bridgehead atoms. The Hall–Kier alpha value is -3.07. The zero-order valence-electron chi connectivity index (χ0n) is 16.1. The molecule has 29 heavy (non-hydrogen) atoms. The lowest BCUT2D eigenvalue weighted by atomic mass is 9.78. The average Bonchev–Trinajstić information content (AvgIpc) is 2.94. The van der Waals surface area contributed by atoms with Gasteiger partial charge in [0.25, 0.3) is 5.95 Å². The third-order valence-corrected chi connectivity index (χ3v) is 5.28. The van der Waals surface area contributed by atoms with Crippen LogP contribution in [0.1, 0.15) is 11.4 Å². The normalized spacial score (nSPS) is 17.2. The number of aryl methyl sites for hydroxylation is 2. The quantitative estimate of drug-likeness (QED) is 0.728. The summed E-state index contributed by atoms with van der Waals surface area (Å²) in [5.41, 5.74) is 2.41. The van der Waals surface area contributed by atoms with Gasteiger partial charge in [0.15, 0.2) is 11.6 Å². The van der Waals surface area contributed by atoms with E-state index in [-0.39, 0.29) is 5.41 Å². The van der Waals surface area contributed by atoms with Gasteiger partial charge in [-0.1, -0.05) is 0 Å². The molecule has 2 aliphatic heterocycles. The largest absolute Gasteiger partial charge is 0.380 e. The van der Waals surface area contributed by atoms with Crippen molar-refractivity contribution in [1.82, 2.24) is 19.7 Å². The number of hydrogen-bond donors (Lipinski definition) is 1. The van der Waals surface area contributed by atoms with Crippen molar-refractivity contribution in [2.45, 2.75) is 13.8 Å². The molecule has 0 saturated carbocycles. The Morgan fingerprint density at radius 2 is 1.83 bits per heavy atom. The topological polar surface area (TPSA) is 68.1 Å². The standard InChI is InChI=1S/C20H20F2N6O/c1-12-5-13(2)28(26-12)19-24-17(23-14-3-4-15(21)16(22)6-14)7-18(25-19)27-8-20(9-27)10-29-11-20/h3-7H,8-11H2,1-2H3,(H,23,24,25). The highest BCUT2D eigenvalue weighted by Gasteiger charge is 2.49. The summed E-state index contributed by atoms with van der Waals surface area (Å²) in [6.07, 6.45) is 0. The van der Waals surface area contributed by atoms with E-state index in [1.165, 1.54) is 6.07 Å². The minimum atomic E-state index is -0.919. The fourth-order valence-corrected chi connectivity index (χ4v) is 3.79. The van der Waals surface area contributed by atoms with E-state index >= 15 is 0 Å². The Kier molecular flexibility index (Phi) is 4.02. The molecule has 7 nitrogen and oxygen atoms in total. The van der Waals surface area contributed by atoms with Crippen LogP contribution in [0.2, 0.25) is 0 Å². The predicted molar refractivity (Wildman–Crippen MR) is 104 cm³/mol. The van der Waals surface area contributed by atoms with Gasteiger partial charge in [0.2, 0.25) is 0 Å². The van der Waals surface area contributed by atoms with Gasteiger partial charge in [-0.25, -0.2) is 13.5 Å². The molecule has 2 fully saturated rings. The van der Waals surface area contributed by atoms with Crippen LogP contribution in [0.15, 0.2) is 30.3 Å². The van der Waals surface area contributed by atoms with Crippen LogP contribution in [0.5, 0.6) is 0 Å². The van der Waals surface area contributed by atoms with E-state index in [1.54, 1.807) is 4.68 Å². The summed E-state index contributed by atoms with van der Waals surface area (Å²) in [5.74, 6) is -0.155. The summed E-state index contributed by atoms with van der Waals surface area (Å²) in [6.45, 7) is 7.13. The third kappa shape index (κ3) is 3.21. The van der Waals surface area contributed by atoms with Crippen LogP contribution in [-0.4, -0.2) is 46.1 Å². The maximum atomic E-state index is 13.6. The highest BCUT2D eigenvalue weighted by molar-refractivity contribution is 5.61. The maximum absolute atomic E-state index is 13.6. The second-order valence-corrected chi connectivity index (χ2v) is 7.85. The van der Waals surface area contributed by atoms with Crippen molar-refractivity contribution in [3.63, 3.8) is 0 Å². The second kappa shape index (κ2) is 6.48. The highest BCUT2D eigenvalue weighted by atomic mass is 19.2. The third-order valence-electron chi connectivity index (χ3n) is 5.28. The zero-order valence-corrected chi connectivity index (χ0v) is 16.1. The number of halogens is 2. The van der Waals surface area contributed by atoms with Crippen LogP contribution in [0.25, 0.3) is 5.95 Å². The number of nitrogens with one attached hydrogen (secondary N) is 1. The summed E-state index contributed by atoms with van der Waals surface area (Å²) in [6, 6.07) is 7.40. The Morgan fingerprint density at radius 3 is 2.45 bits per heavy atom. The molecule has 2 aliphatic rings. The minimum Gasteiger partial charge on any atom is -0.380 e. The van der Waals surface area contributed by atoms with E-state index in [2.05, 4.69) is 20.3 Å². The van der Waals surface area contributed by atoms with Gasteiger partial charge < -0.3 is 15.0 Å². The van der Waals surface area contributed by atoms with Crippen LogP contribution in [0, 0.1) is 30.9 Å². The molecule has 1 spiro atoms. The highest BCUT2D eigenvalue weighted by Crippen LogP contribution is 2.40. The number of benzene rings is 1. The van der Waals surface area contributed by atoms with Gasteiger partial charge in [-0.3, -0.25) is 0 Å². The molecule has 3 aromatic rings. The predicted octanol–water partition coefficient (Wildman–Crippen LogP) is 3.14. The SMILES string of the molecule is Cc1cc(C)n(-c2nc(Nc3ccc(F)c(F)c3)cc(N3CC4(COC4)C3)n2)n1. The van der Waals surface area contributed by atoms with Crippen molar-refractivity contribution in [2.24, 2.45) is 5.41 Å². The van der Waals surface area contributed by atoms with Crippen molar-refractivity contribution in [3.8, 4) is 5.95 Å². The van der Waals surface area contributed by atoms with Crippen molar-refractivity contribution < 1.29 is 13.5 Å². The van der Waals surface area contributed by atoms with E-state index < -0.39 is 11.6 Å². The van der Waals surface area contributed by atoms with Crippen LogP contribution >= 0.6 is 0 Å². The van der Waals surface area contributed by atoms with Gasteiger partial charge in [0, 0.05) is 36.6 Å². The Balaban J connectivity index is 1.50. The van der Waals surface area contributed by atoms with Gasteiger partial charge in [0.1, 0.15) is 11.6 Å². The molecule has 0 atom stereocenters. The molecular weight excluding hydrogens is 378 g/mol. The molecule has 1 N–H and O–H groups in total. The first-order chi connectivity index (χ1) is 13.9. The number of anilines is 3. The van der Waals surface area contributed by atoms with Crippen molar-refractivity contribution in [1.29, 1.82) is 0 Å². The van der Waals surface area contributed by atoms with Gasteiger partial charge >= 0.3 is 0 Å². The van der Waals surface area contributed by atoms with E-state index in [0.717, 1.165) is 55.6 Å². The lowest BCUT2D eigenvalue weighted by Crippen LogP contribution is -2.66. The molecule has 0 radical (unpaired) electrons. The molecule has 0 unspecified atom stereocenters. The molecule has 9 heteroatoms. The van der Waals surface area contributed by atoms with Crippen LogP contribution in [0.4, 0.5) is 26.1 Å². The Labute approximate surface area is 166 Å². The lowest BCUT2D eigenvalue weighted by molar-refractivity contribution is -0.127. The van der Waals surface area contributed by atoms with Crippen LogP contribution in [-0.2, 0) is 4.74 Å². The summed E-state index contributed by atoms with van der Waals surface area (Å²) in [4.78, 5) is 11.4. The minimum absolute atomic E-state index is 0.233. The van der Waals surface area contributed by atoms with Crippen molar-refractivity contribution in [2.75, 3.05) is 36.5 Å². The molecule has 2 saturated heterocycles. The van der Waals surface area contributed by atoms with Gasteiger partial charge in [-0.15, -0.1) is 0 Å². The number of hydrogen-bond acceptors (Lipinski definition) is 6. The van der Waals surface area contributed by atoms with E-state index in [0.29, 0.717) is 17.5 Å². The molecule has 150 valence electrons. The first kappa shape index (κ1) is 18.0. The number of rotatable bonds is 4. The summed E-state index contributed by atoms with van der Waals surface area (Å²) >= 11 is 0. The van der Waals surface area contributed by atoms with Gasteiger partial charge in [-0.2, -0.15) is 15.1 Å². The van der Waals surface area contributed by atoms with E-state index in [1.807, 2.05) is 26.0 Å². The molecule has 0 amide bonds. The van der Waals surface area contributed by atoms with Crippen molar-refractivity contribution in [3.05, 3.63) is 53.4 Å². The fourth-order valence-electron chi connectivity index (χ4n) is 3.79. The Morgan fingerprint density at radius 1 is 1.03 bits per heavy atom. The monoisotopic (exact) mass is 398 g/mol.